The van der Waals surface area contributed by atoms with Crippen molar-refractivity contribution in [1.82, 2.24) is 15.2 Å². The highest BCUT2D eigenvalue weighted by Crippen LogP contribution is 2.39. The molecular weight excluding hydrogens is 386 g/mol. The van der Waals surface area contributed by atoms with Gasteiger partial charge < -0.3 is 10.6 Å². The van der Waals surface area contributed by atoms with Gasteiger partial charge in [0.25, 0.3) is 0 Å². The summed E-state index contributed by atoms with van der Waals surface area (Å²) >= 11 is 0. The minimum Gasteiger partial charge on any atom is -0.404 e. The Morgan fingerprint density at radius 3 is 2.68 bits per heavy atom. The van der Waals surface area contributed by atoms with E-state index in [9.17, 15) is 5.26 Å². The fraction of sp³-hybridized carbons (Fsp3) is 0.542. The number of rotatable bonds is 6. The lowest BCUT2D eigenvalue weighted by atomic mass is 9.85. The molecular formula is C24H35N7. The summed E-state index contributed by atoms with van der Waals surface area (Å²) in [4.78, 5) is 9.07. The normalized spacial score (nSPS) is 31.3. The first-order valence-electron chi connectivity index (χ1n) is 11.3. The fourth-order valence-electron chi connectivity index (χ4n) is 4.59. The minimum absolute atomic E-state index is 0.439. The number of hydrogen-bond acceptors (Lipinski definition) is 7. The van der Waals surface area contributed by atoms with Crippen LogP contribution in [0.1, 0.15) is 39.5 Å². The Balaban J connectivity index is 0.00000132. The van der Waals surface area contributed by atoms with E-state index in [1.165, 1.54) is 38.4 Å². The molecule has 2 bridgehead atoms. The van der Waals surface area contributed by atoms with E-state index in [4.69, 9.17) is 5.73 Å². The van der Waals surface area contributed by atoms with E-state index < -0.39 is 0 Å². The number of piperidine rings is 1. The van der Waals surface area contributed by atoms with Gasteiger partial charge in [-0.2, -0.15) is 10.4 Å². The molecule has 7 nitrogen and oxygen atoms in total. The van der Waals surface area contributed by atoms with Crippen molar-refractivity contribution in [2.45, 2.75) is 51.6 Å². The highest BCUT2D eigenvalue weighted by Gasteiger charge is 2.45. The second-order valence-corrected chi connectivity index (χ2v) is 8.21. The molecule has 0 aromatic rings. The van der Waals surface area contributed by atoms with Crippen molar-refractivity contribution in [2.24, 2.45) is 21.7 Å². The fourth-order valence-corrected chi connectivity index (χ4v) is 4.59. The van der Waals surface area contributed by atoms with Crippen LogP contribution in [0.4, 0.5) is 0 Å². The molecule has 4 heterocycles. The lowest BCUT2D eigenvalue weighted by molar-refractivity contribution is -0.0581. The van der Waals surface area contributed by atoms with Crippen LogP contribution in [0.25, 0.3) is 0 Å². The van der Waals surface area contributed by atoms with E-state index in [0.29, 0.717) is 34.5 Å². The number of hydrogen-bond donors (Lipinski definition) is 2. The maximum atomic E-state index is 9.88. The van der Waals surface area contributed by atoms with E-state index in [-0.39, 0.29) is 0 Å². The first-order chi connectivity index (χ1) is 15.2. The second kappa shape index (κ2) is 10.5. The molecule has 31 heavy (non-hydrogen) atoms. The van der Waals surface area contributed by atoms with Gasteiger partial charge in [-0.1, -0.05) is 33.3 Å². The van der Waals surface area contributed by atoms with Gasteiger partial charge in [0.1, 0.15) is 6.07 Å². The van der Waals surface area contributed by atoms with E-state index in [2.05, 4.69) is 38.0 Å². The molecule has 2 atom stereocenters. The Morgan fingerprint density at radius 2 is 2.10 bits per heavy atom. The van der Waals surface area contributed by atoms with E-state index in [1.807, 2.05) is 19.9 Å². The molecule has 1 aliphatic carbocycles. The quantitative estimate of drug-likeness (QED) is 0.643. The first-order valence-corrected chi connectivity index (χ1v) is 11.3. The van der Waals surface area contributed by atoms with Gasteiger partial charge in [-0.15, -0.1) is 0 Å². The molecule has 3 saturated heterocycles. The standard InChI is InChI=1S/C22H29N7.C2H6/c1-15-20(11-24)22(17(10-23)12-25-2)27-26-7-5-21(15)28-13-18-9-19(14-28)29(18)8-6-16-3-4-16;1-2/h5,7,10,12,16,18-19,27H,1,3-4,6,8-9,13-14,23H2,2H3;1-2H3/b17-10+,21-5+,22-20-,25-12?,26-7-;. The lowest BCUT2D eigenvalue weighted by Crippen LogP contribution is -2.68. The smallest absolute Gasteiger partial charge is 0.102 e. The molecule has 3 N–H and O–H groups in total. The number of nitrogens with one attached hydrogen (secondary N) is 1. The van der Waals surface area contributed by atoms with E-state index in [1.54, 1.807) is 19.5 Å². The van der Waals surface area contributed by atoms with Crippen molar-refractivity contribution in [3.8, 4) is 6.07 Å². The number of hydrazone groups is 1. The average Bonchev–Trinajstić information content (AvgIpc) is 3.61. The predicted octanol–water partition coefficient (Wildman–Crippen LogP) is 2.92. The van der Waals surface area contributed by atoms with Crippen molar-refractivity contribution in [3.05, 3.63) is 47.0 Å². The molecule has 0 amide bonds. The second-order valence-electron chi connectivity index (χ2n) is 8.21. The summed E-state index contributed by atoms with van der Waals surface area (Å²) in [6, 6.07) is 3.49. The summed E-state index contributed by atoms with van der Waals surface area (Å²) < 4.78 is 0. The first kappa shape index (κ1) is 22.8. The molecule has 7 heteroatoms. The van der Waals surface area contributed by atoms with Crippen molar-refractivity contribution in [3.63, 3.8) is 0 Å². The number of nitrogens with zero attached hydrogens (tertiary/aromatic N) is 5. The predicted molar refractivity (Wildman–Crippen MR) is 127 cm³/mol. The van der Waals surface area contributed by atoms with Crippen LogP contribution < -0.4 is 11.2 Å². The maximum Gasteiger partial charge on any atom is 0.102 e. The Bertz CT molecular complexity index is 855. The minimum atomic E-state index is 0.439. The van der Waals surface area contributed by atoms with Crippen molar-refractivity contribution < 1.29 is 0 Å². The van der Waals surface area contributed by atoms with E-state index in [0.717, 1.165) is 24.7 Å². The summed E-state index contributed by atoms with van der Waals surface area (Å²) in [5, 5.41) is 14.1. The highest BCUT2D eigenvalue weighted by molar-refractivity contribution is 5.86. The number of fused-ring (bicyclic) bond motifs is 2. The molecule has 0 spiro atoms. The molecule has 4 aliphatic heterocycles. The topological polar surface area (TPSA) is 93.0 Å². The Morgan fingerprint density at radius 1 is 1.39 bits per heavy atom. The van der Waals surface area contributed by atoms with E-state index >= 15 is 0 Å². The van der Waals surface area contributed by atoms with Gasteiger partial charge in [0.05, 0.1) is 11.3 Å². The Labute approximate surface area is 186 Å². The van der Waals surface area contributed by atoms with Crippen LogP contribution in [0.5, 0.6) is 0 Å². The SMILES string of the molecule is C=C1/C(N2CC3CC(C2)N3CCC2CC2)=C\C=N/NC(/C(C=NC)=C/N)=C\1C#N.CC. The Hall–Kier alpha value is -2.85. The van der Waals surface area contributed by atoms with Gasteiger partial charge in [-0.25, -0.2) is 0 Å². The summed E-state index contributed by atoms with van der Waals surface area (Å²) in [7, 11) is 1.66. The van der Waals surface area contributed by atoms with Crippen LogP contribution in [0, 0.1) is 17.2 Å². The van der Waals surface area contributed by atoms with Crippen LogP contribution in [0.2, 0.25) is 0 Å². The van der Waals surface area contributed by atoms with Crippen LogP contribution in [0.15, 0.2) is 57.1 Å². The maximum absolute atomic E-state index is 9.88. The average molecular weight is 422 g/mol. The molecule has 4 fully saturated rings. The summed E-state index contributed by atoms with van der Waals surface area (Å²) in [5.41, 5.74) is 11.9. The third kappa shape index (κ3) is 4.91. The molecule has 0 aromatic carbocycles. The van der Waals surface area contributed by atoms with Gasteiger partial charge in [-0.3, -0.25) is 15.3 Å². The molecule has 5 aliphatic rings. The van der Waals surface area contributed by atoms with Gasteiger partial charge in [0.15, 0.2) is 0 Å². The van der Waals surface area contributed by atoms with Crippen molar-refractivity contribution >= 4 is 12.4 Å². The van der Waals surface area contributed by atoms with Crippen LogP contribution in [-0.2, 0) is 0 Å². The number of nitrogens with two attached hydrogens (primary N) is 1. The lowest BCUT2D eigenvalue weighted by Gasteiger charge is -2.57. The summed E-state index contributed by atoms with van der Waals surface area (Å²) in [5.74, 6) is 0.974. The zero-order valence-corrected chi connectivity index (χ0v) is 19.0. The summed E-state index contributed by atoms with van der Waals surface area (Å²) in [6.45, 7) is 11.4. The van der Waals surface area contributed by atoms with Crippen LogP contribution >= 0.6 is 0 Å². The number of nitriles is 1. The third-order valence-electron chi connectivity index (χ3n) is 6.37. The van der Waals surface area contributed by atoms with Crippen LogP contribution in [0.3, 0.4) is 0 Å². The monoisotopic (exact) mass is 421 g/mol. The zero-order valence-electron chi connectivity index (χ0n) is 19.0. The largest absolute Gasteiger partial charge is 0.404 e. The molecule has 1 saturated carbocycles. The summed E-state index contributed by atoms with van der Waals surface area (Å²) in [6.07, 6.45) is 12.2. The number of piperazine rings is 1. The highest BCUT2D eigenvalue weighted by atomic mass is 15.4. The molecule has 166 valence electrons. The van der Waals surface area contributed by atoms with Crippen molar-refractivity contribution in [1.29, 1.82) is 5.26 Å². The van der Waals surface area contributed by atoms with Gasteiger partial charge >= 0.3 is 0 Å². The molecule has 0 aromatic heterocycles. The van der Waals surface area contributed by atoms with Gasteiger partial charge in [0.2, 0.25) is 0 Å². The molecule has 2 unspecified atom stereocenters. The number of aliphatic imine (C=N–C) groups is 1. The Kier molecular flexibility index (Phi) is 7.69. The van der Waals surface area contributed by atoms with Gasteiger partial charge in [-0.05, 0) is 31.4 Å². The van der Waals surface area contributed by atoms with Gasteiger partial charge in [0, 0.05) is 67.7 Å². The number of allylic oxidation sites excluding steroid dienone is 3. The third-order valence-corrected chi connectivity index (χ3v) is 6.37. The molecule has 0 radical (unpaired) electrons. The molecule has 5 rings (SSSR count). The van der Waals surface area contributed by atoms with Crippen LogP contribution in [-0.4, -0.2) is 61.0 Å². The van der Waals surface area contributed by atoms with Crippen molar-refractivity contribution in [2.75, 3.05) is 26.7 Å². The zero-order chi connectivity index (χ0) is 22.4.